The van der Waals surface area contributed by atoms with Crippen molar-refractivity contribution >= 4 is 16.6 Å². The number of benzene rings is 2. The number of hydrogen-bond acceptors (Lipinski definition) is 5. The van der Waals surface area contributed by atoms with E-state index >= 15 is 0 Å². The molecule has 29 heavy (non-hydrogen) atoms. The summed E-state index contributed by atoms with van der Waals surface area (Å²) in [6, 6.07) is 21.6. The van der Waals surface area contributed by atoms with E-state index in [1.54, 1.807) is 16.8 Å². The summed E-state index contributed by atoms with van der Waals surface area (Å²) in [5.41, 5.74) is 6.27. The van der Waals surface area contributed by atoms with Crippen LogP contribution in [0.4, 0.5) is 0 Å². The molecule has 3 aromatic heterocycles. The molecule has 0 saturated heterocycles. The van der Waals surface area contributed by atoms with Crippen LogP contribution in [0.25, 0.3) is 27.8 Å². The van der Waals surface area contributed by atoms with Crippen molar-refractivity contribution in [2.45, 2.75) is 13.3 Å². The summed E-state index contributed by atoms with van der Waals surface area (Å²) in [5, 5.41) is 23.6. The van der Waals surface area contributed by atoms with Gasteiger partial charge in [0.2, 0.25) is 0 Å². The summed E-state index contributed by atoms with van der Waals surface area (Å²) in [7, 11) is 0. The molecule has 0 aliphatic carbocycles. The van der Waals surface area contributed by atoms with Gasteiger partial charge >= 0.3 is 0 Å². The minimum Gasteiger partial charge on any atom is -0.256 e. The van der Waals surface area contributed by atoms with Gasteiger partial charge in [-0.1, -0.05) is 18.2 Å². The normalized spacial score (nSPS) is 11.0. The molecular formula is C23H16N6. The molecule has 6 heteroatoms. The summed E-state index contributed by atoms with van der Waals surface area (Å²) >= 11 is 0. The number of rotatable bonds is 3. The van der Waals surface area contributed by atoms with Crippen LogP contribution in [0.15, 0.2) is 66.9 Å². The molecule has 138 valence electrons. The first kappa shape index (κ1) is 17.0. The number of hydrogen-bond donors (Lipinski definition) is 0. The molecule has 0 spiro atoms. The maximum absolute atomic E-state index is 9.16. The highest BCUT2D eigenvalue weighted by atomic mass is 15.4. The van der Waals surface area contributed by atoms with Gasteiger partial charge in [-0.3, -0.25) is 4.98 Å². The van der Waals surface area contributed by atoms with E-state index in [0.29, 0.717) is 17.6 Å². The number of aryl methyl sites for hydroxylation is 1. The molecular weight excluding hydrogens is 360 g/mol. The van der Waals surface area contributed by atoms with Gasteiger partial charge in [-0.2, -0.15) is 14.9 Å². The van der Waals surface area contributed by atoms with Gasteiger partial charge in [0.05, 0.1) is 22.8 Å². The molecule has 0 aliphatic rings. The topological polar surface area (TPSA) is 79.8 Å². The highest BCUT2D eigenvalue weighted by Crippen LogP contribution is 2.22. The molecule has 0 fully saturated rings. The van der Waals surface area contributed by atoms with Crippen LogP contribution in [0.5, 0.6) is 0 Å². The first-order valence-corrected chi connectivity index (χ1v) is 9.27. The standard InChI is InChI=1S/C23H16N6/c1-15-10-21-18(6-3-9-25-21)12-19(15)13-23-27-26-22-8-7-20(28-29(22)23)17-5-2-4-16(11-17)14-24/h2-12H,13H2,1H3. The lowest BCUT2D eigenvalue weighted by molar-refractivity contribution is 0.840. The fourth-order valence-corrected chi connectivity index (χ4v) is 3.48. The fraction of sp³-hybridized carbons (Fsp3) is 0.0870. The lowest BCUT2D eigenvalue weighted by atomic mass is 10.0. The first-order valence-electron chi connectivity index (χ1n) is 9.27. The van der Waals surface area contributed by atoms with Crippen LogP contribution >= 0.6 is 0 Å². The van der Waals surface area contributed by atoms with Crippen molar-refractivity contribution in [1.82, 2.24) is 24.8 Å². The van der Waals surface area contributed by atoms with Crippen molar-refractivity contribution in [2.24, 2.45) is 0 Å². The monoisotopic (exact) mass is 376 g/mol. The largest absolute Gasteiger partial charge is 0.256 e. The Hall–Kier alpha value is -4.11. The Morgan fingerprint density at radius 3 is 2.83 bits per heavy atom. The fourth-order valence-electron chi connectivity index (χ4n) is 3.48. The van der Waals surface area contributed by atoms with Crippen LogP contribution < -0.4 is 0 Å². The van der Waals surface area contributed by atoms with Crippen LogP contribution in [0, 0.1) is 18.3 Å². The molecule has 3 heterocycles. The molecule has 0 amide bonds. The van der Waals surface area contributed by atoms with Gasteiger partial charge in [0.1, 0.15) is 0 Å². The van der Waals surface area contributed by atoms with Crippen molar-refractivity contribution in [1.29, 1.82) is 5.26 Å². The zero-order chi connectivity index (χ0) is 19.8. The SMILES string of the molecule is Cc1cc2ncccc2cc1Cc1nnc2ccc(-c3cccc(C#N)c3)nn12. The average molecular weight is 376 g/mol. The maximum Gasteiger partial charge on any atom is 0.177 e. The minimum absolute atomic E-state index is 0.605. The minimum atomic E-state index is 0.605. The van der Waals surface area contributed by atoms with E-state index < -0.39 is 0 Å². The Bertz CT molecular complexity index is 1410. The molecule has 5 rings (SSSR count). The summed E-state index contributed by atoms with van der Waals surface area (Å²) in [5.74, 6) is 0.768. The summed E-state index contributed by atoms with van der Waals surface area (Å²) < 4.78 is 1.78. The van der Waals surface area contributed by atoms with Crippen molar-refractivity contribution in [2.75, 3.05) is 0 Å². The van der Waals surface area contributed by atoms with Crippen molar-refractivity contribution < 1.29 is 0 Å². The molecule has 0 radical (unpaired) electrons. The van der Waals surface area contributed by atoms with Crippen molar-refractivity contribution in [3.05, 3.63) is 89.4 Å². The first-order chi connectivity index (χ1) is 14.2. The second-order valence-corrected chi connectivity index (χ2v) is 6.95. The Morgan fingerprint density at radius 1 is 1.00 bits per heavy atom. The van der Waals surface area contributed by atoms with Gasteiger partial charge in [-0.05, 0) is 60.5 Å². The molecule has 0 bridgehead atoms. The molecule has 0 atom stereocenters. The molecule has 0 aliphatic heterocycles. The van der Waals surface area contributed by atoms with E-state index in [9.17, 15) is 0 Å². The zero-order valence-corrected chi connectivity index (χ0v) is 15.7. The Labute approximate surface area is 167 Å². The molecule has 0 N–H and O–H groups in total. The number of aromatic nitrogens is 5. The van der Waals surface area contributed by atoms with E-state index in [1.165, 1.54) is 5.56 Å². The van der Waals surface area contributed by atoms with E-state index in [1.807, 2.05) is 36.4 Å². The van der Waals surface area contributed by atoms with Crippen LogP contribution in [-0.2, 0) is 6.42 Å². The van der Waals surface area contributed by atoms with E-state index in [4.69, 9.17) is 10.4 Å². The number of nitriles is 1. The van der Waals surface area contributed by atoms with Gasteiger partial charge in [0.25, 0.3) is 0 Å². The Balaban J connectivity index is 1.57. The Kier molecular flexibility index (Phi) is 3.99. The van der Waals surface area contributed by atoms with Crippen LogP contribution in [0.3, 0.4) is 0 Å². The third-order valence-corrected chi connectivity index (χ3v) is 5.02. The predicted molar refractivity (Wildman–Crippen MR) is 110 cm³/mol. The molecule has 0 unspecified atom stereocenters. The molecule has 2 aromatic carbocycles. The highest BCUT2D eigenvalue weighted by molar-refractivity contribution is 5.80. The van der Waals surface area contributed by atoms with Gasteiger partial charge in [-0.25, -0.2) is 0 Å². The summed E-state index contributed by atoms with van der Waals surface area (Å²) in [6.45, 7) is 2.08. The van der Waals surface area contributed by atoms with E-state index in [0.717, 1.165) is 33.5 Å². The molecule has 0 saturated carbocycles. The van der Waals surface area contributed by atoms with Gasteiger partial charge in [-0.15, -0.1) is 10.2 Å². The average Bonchev–Trinajstić information content (AvgIpc) is 3.16. The lowest BCUT2D eigenvalue weighted by Gasteiger charge is -2.07. The quantitative estimate of drug-likeness (QED) is 0.473. The van der Waals surface area contributed by atoms with Crippen molar-refractivity contribution in [3.63, 3.8) is 0 Å². The van der Waals surface area contributed by atoms with Crippen LogP contribution in [-0.4, -0.2) is 24.8 Å². The third-order valence-electron chi connectivity index (χ3n) is 5.02. The molecule has 6 nitrogen and oxygen atoms in total. The van der Waals surface area contributed by atoms with Gasteiger partial charge in [0.15, 0.2) is 11.5 Å². The maximum atomic E-state index is 9.16. The third kappa shape index (κ3) is 3.09. The van der Waals surface area contributed by atoms with E-state index in [-0.39, 0.29) is 0 Å². The predicted octanol–water partition coefficient (Wildman–Crippen LogP) is 4.11. The second-order valence-electron chi connectivity index (χ2n) is 6.95. The van der Waals surface area contributed by atoms with Crippen molar-refractivity contribution in [3.8, 4) is 17.3 Å². The van der Waals surface area contributed by atoms with Crippen LogP contribution in [0.2, 0.25) is 0 Å². The second kappa shape index (κ2) is 6.80. The summed E-state index contributed by atoms with van der Waals surface area (Å²) in [6.07, 6.45) is 2.42. The number of nitrogens with zero attached hydrogens (tertiary/aromatic N) is 6. The van der Waals surface area contributed by atoms with Gasteiger partial charge < -0.3 is 0 Å². The highest BCUT2D eigenvalue weighted by Gasteiger charge is 2.12. The zero-order valence-electron chi connectivity index (χ0n) is 15.7. The molecule has 5 aromatic rings. The Morgan fingerprint density at radius 2 is 1.93 bits per heavy atom. The smallest absolute Gasteiger partial charge is 0.177 e. The van der Waals surface area contributed by atoms with E-state index in [2.05, 4.69) is 46.4 Å². The summed E-state index contributed by atoms with van der Waals surface area (Å²) in [4.78, 5) is 4.42. The van der Waals surface area contributed by atoms with Crippen LogP contribution in [0.1, 0.15) is 22.5 Å². The van der Waals surface area contributed by atoms with Gasteiger partial charge in [0, 0.05) is 23.6 Å². The number of fused-ring (bicyclic) bond motifs is 2. The number of pyridine rings is 1. The lowest BCUT2D eigenvalue weighted by Crippen LogP contribution is -2.02.